The molecule has 0 fully saturated rings. The largest absolute Gasteiger partial charge is 0.493 e. The standard InChI is InChI=1S/C30H24N4O5/c1-20-28(29(21-11-5-3-6-12-21)32-33(20)23-13-7-4-8-14-23)30(35)31-22-17-24(34(36)37)19-25(18-22)39-27-16-10-9-15-26(27)38-2/h3-19H,1-2H3,(H,31,35). The minimum atomic E-state index is -0.543. The zero-order valence-electron chi connectivity index (χ0n) is 21.2. The van der Waals surface area contributed by atoms with Crippen LogP contribution in [0.5, 0.6) is 17.2 Å². The van der Waals surface area contributed by atoms with Gasteiger partial charge in [0.15, 0.2) is 11.5 Å². The first kappa shape index (κ1) is 25.2. The van der Waals surface area contributed by atoms with Crippen molar-refractivity contribution in [3.8, 4) is 34.2 Å². The molecule has 5 rings (SSSR count). The van der Waals surface area contributed by atoms with E-state index in [4.69, 9.17) is 14.6 Å². The number of anilines is 1. The Balaban J connectivity index is 1.55. The van der Waals surface area contributed by atoms with Crippen molar-refractivity contribution in [3.63, 3.8) is 0 Å². The maximum atomic E-state index is 13.7. The third-order valence-corrected chi connectivity index (χ3v) is 6.05. The van der Waals surface area contributed by atoms with Gasteiger partial charge in [-0.15, -0.1) is 0 Å². The average Bonchev–Trinajstić information content (AvgIpc) is 3.31. The molecule has 0 aliphatic carbocycles. The van der Waals surface area contributed by atoms with Gasteiger partial charge in [-0.1, -0.05) is 60.7 Å². The Bertz CT molecular complexity index is 1650. The van der Waals surface area contributed by atoms with Gasteiger partial charge < -0.3 is 14.8 Å². The Kier molecular flexibility index (Phi) is 7.05. The Labute approximate surface area is 224 Å². The third-order valence-electron chi connectivity index (χ3n) is 6.05. The molecule has 1 heterocycles. The minimum Gasteiger partial charge on any atom is -0.493 e. The summed E-state index contributed by atoms with van der Waals surface area (Å²) in [4.78, 5) is 24.9. The molecule has 194 valence electrons. The lowest BCUT2D eigenvalue weighted by atomic mass is 10.1. The maximum absolute atomic E-state index is 13.7. The summed E-state index contributed by atoms with van der Waals surface area (Å²) in [6.07, 6.45) is 0. The smallest absolute Gasteiger partial charge is 0.275 e. The van der Waals surface area contributed by atoms with Crippen LogP contribution >= 0.6 is 0 Å². The van der Waals surface area contributed by atoms with E-state index in [0.717, 1.165) is 11.3 Å². The van der Waals surface area contributed by atoms with Crippen LogP contribution < -0.4 is 14.8 Å². The fourth-order valence-corrected chi connectivity index (χ4v) is 4.24. The number of nitro benzene ring substituents is 1. The normalized spacial score (nSPS) is 10.6. The number of nitrogens with one attached hydrogen (secondary N) is 1. The van der Waals surface area contributed by atoms with Gasteiger partial charge in [-0.2, -0.15) is 5.10 Å². The van der Waals surface area contributed by atoms with Crippen molar-refractivity contribution in [2.75, 3.05) is 12.4 Å². The highest BCUT2D eigenvalue weighted by atomic mass is 16.6. The lowest BCUT2D eigenvalue weighted by Crippen LogP contribution is -2.14. The number of carbonyl (C=O) groups excluding carboxylic acids is 1. The number of hydrogen-bond donors (Lipinski definition) is 1. The summed E-state index contributed by atoms with van der Waals surface area (Å²) in [6, 6.07) is 29.9. The van der Waals surface area contributed by atoms with Gasteiger partial charge in [0.2, 0.25) is 0 Å². The van der Waals surface area contributed by atoms with Crippen LogP contribution in [-0.4, -0.2) is 27.7 Å². The maximum Gasteiger partial charge on any atom is 0.275 e. The Morgan fingerprint density at radius 2 is 1.54 bits per heavy atom. The molecule has 0 unspecified atom stereocenters. The SMILES string of the molecule is COc1ccccc1Oc1cc(NC(=O)c2c(-c3ccccc3)nn(-c3ccccc3)c2C)cc([N+](=O)[O-])c1. The molecular formula is C30H24N4O5. The molecule has 0 saturated carbocycles. The van der Waals surface area contributed by atoms with E-state index in [9.17, 15) is 14.9 Å². The van der Waals surface area contributed by atoms with E-state index in [1.807, 2.05) is 67.6 Å². The van der Waals surface area contributed by atoms with Crippen LogP contribution in [0.1, 0.15) is 16.1 Å². The molecule has 4 aromatic carbocycles. The summed E-state index contributed by atoms with van der Waals surface area (Å²) in [5, 5.41) is 19.3. The van der Waals surface area contributed by atoms with Crippen molar-refractivity contribution < 1.29 is 19.2 Å². The van der Waals surface area contributed by atoms with Crippen molar-refractivity contribution in [1.29, 1.82) is 0 Å². The van der Waals surface area contributed by atoms with Gasteiger partial charge in [0.25, 0.3) is 11.6 Å². The molecule has 39 heavy (non-hydrogen) atoms. The molecule has 0 radical (unpaired) electrons. The van der Waals surface area contributed by atoms with Gasteiger partial charge >= 0.3 is 0 Å². The predicted octanol–water partition coefficient (Wildman–Crippen LogP) is 6.81. The number of aromatic nitrogens is 2. The zero-order chi connectivity index (χ0) is 27.4. The van der Waals surface area contributed by atoms with Crippen molar-refractivity contribution in [1.82, 2.24) is 9.78 Å². The quantitative estimate of drug-likeness (QED) is 0.178. The van der Waals surface area contributed by atoms with Crippen molar-refractivity contribution in [3.05, 3.63) is 124 Å². The Morgan fingerprint density at radius 3 is 2.21 bits per heavy atom. The number of para-hydroxylation sites is 3. The van der Waals surface area contributed by atoms with Crippen LogP contribution in [-0.2, 0) is 0 Å². The van der Waals surface area contributed by atoms with E-state index in [1.54, 1.807) is 28.9 Å². The molecule has 1 N–H and O–H groups in total. The van der Waals surface area contributed by atoms with Gasteiger partial charge in [0, 0.05) is 17.7 Å². The fraction of sp³-hybridized carbons (Fsp3) is 0.0667. The van der Waals surface area contributed by atoms with Gasteiger partial charge in [-0.3, -0.25) is 14.9 Å². The number of rotatable bonds is 8. The van der Waals surface area contributed by atoms with Crippen LogP contribution in [0.15, 0.2) is 103 Å². The number of non-ortho nitro benzene ring substituents is 1. The average molecular weight is 521 g/mol. The van der Waals surface area contributed by atoms with Gasteiger partial charge in [-0.25, -0.2) is 4.68 Å². The van der Waals surface area contributed by atoms with E-state index < -0.39 is 10.8 Å². The molecule has 0 aliphatic rings. The summed E-state index contributed by atoms with van der Waals surface area (Å²) in [7, 11) is 1.50. The van der Waals surface area contributed by atoms with Crippen LogP contribution in [0.4, 0.5) is 11.4 Å². The molecule has 1 amide bonds. The summed E-state index contributed by atoms with van der Waals surface area (Å²) in [5.74, 6) is 0.552. The first-order chi connectivity index (χ1) is 18.9. The molecule has 0 spiro atoms. The number of nitro groups is 1. The third kappa shape index (κ3) is 5.33. The van der Waals surface area contributed by atoms with E-state index in [2.05, 4.69) is 5.32 Å². The molecule has 0 atom stereocenters. The number of hydrogen-bond acceptors (Lipinski definition) is 6. The van der Waals surface area contributed by atoms with E-state index in [-0.39, 0.29) is 17.1 Å². The second-order valence-corrected chi connectivity index (χ2v) is 8.60. The summed E-state index contributed by atoms with van der Waals surface area (Å²) in [5.41, 5.74) is 2.99. The summed E-state index contributed by atoms with van der Waals surface area (Å²) < 4.78 is 12.9. The monoisotopic (exact) mass is 520 g/mol. The zero-order valence-corrected chi connectivity index (χ0v) is 21.2. The number of methoxy groups -OCH3 is 1. The van der Waals surface area contributed by atoms with Crippen LogP contribution in [0.3, 0.4) is 0 Å². The lowest BCUT2D eigenvalue weighted by molar-refractivity contribution is -0.384. The second kappa shape index (κ2) is 10.9. The number of carbonyl (C=O) groups is 1. The Morgan fingerprint density at radius 1 is 0.897 bits per heavy atom. The number of nitrogens with zero attached hydrogens (tertiary/aromatic N) is 3. The highest BCUT2D eigenvalue weighted by Crippen LogP contribution is 2.35. The van der Waals surface area contributed by atoms with Crippen molar-refractivity contribution in [2.45, 2.75) is 6.92 Å². The number of ether oxygens (including phenoxy) is 2. The van der Waals surface area contributed by atoms with Crippen LogP contribution in [0.25, 0.3) is 16.9 Å². The lowest BCUT2D eigenvalue weighted by Gasteiger charge is -2.12. The number of benzene rings is 4. The van der Waals surface area contributed by atoms with Gasteiger partial charge in [0.1, 0.15) is 11.4 Å². The second-order valence-electron chi connectivity index (χ2n) is 8.60. The van der Waals surface area contributed by atoms with Crippen molar-refractivity contribution in [2.24, 2.45) is 0 Å². The molecule has 9 nitrogen and oxygen atoms in total. The number of amides is 1. The molecule has 0 aliphatic heterocycles. The van der Waals surface area contributed by atoms with Gasteiger partial charge in [0.05, 0.1) is 40.7 Å². The first-order valence-corrected chi connectivity index (χ1v) is 12.1. The highest BCUT2D eigenvalue weighted by Gasteiger charge is 2.24. The molecule has 9 heteroatoms. The van der Waals surface area contributed by atoms with E-state index in [1.165, 1.54) is 25.3 Å². The molecular weight excluding hydrogens is 496 g/mol. The summed E-state index contributed by atoms with van der Waals surface area (Å²) >= 11 is 0. The first-order valence-electron chi connectivity index (χ1n) is 12.1. The Hall–Kier alpha value is -5.44. The van der Waals surface area contributed by atoms with Crippen LogP contribution in [0.2, 0.25) is 0 Å². The summed E-state index contributed by atoms with van der Waals surface area (Å²) in [6.45, 7) is 1.81. The highest BCUT2D eigenvalue weighted by molar-refractivity contribution is 6.09. The predicted molar refractivity (Wildman–Crippen MR) is 148 cm³/mol. The minimum absolute atomic E-state index is 0.170. The molecule has 0 saturated heterocycles. The van der Waals surface area contributed by atoms with Crippen molar-refractivity contribution >= 4 is 17.3 Å². The molecule has 5 aromatic rings. The van der Waals surface area contributed by atoms with E-state index >= 15 is 0 Å². The molecule has 1 aromatic heterocycles. The fourth-order valence-electron chi connectivity index (χ4n) is 4.24. The van der Waals surface area contributed by atoms with Gasteiger partial charge in [-0.05, 0) is 31.2 Å². The topological polar surface area (TPSA) is 109 Å². The molecule has 0 bridgehead atoms. The van der Waals surface area contributed by atoms with E-state index in [0.29, 0.717) is 28.5 Å². The van der Waals surface area contributed by atoms with Crippen LogP contribution in [0, 0.1) is 17.0 Å².